The van der Waals surface area contributed by atoms with Crippen LogP contribution in [0.15, 0.2) is 18.6 Å². The summed E-state index contributed by atoms with van der Waals surface area (Å²) in [6, 6.07) is 0. The largest absolute Gasteiger partial charge is 0.507 e. The Morgan fingerprint density at radius 2 is 2.20 bits per heavy atom. The minimum absolute atomic E-state index is 0.209. The summed E-state index contributed by atoms with van der Waals surface area (Å²) in [4.78, 5) is 19.9. The summed E-state index contributed by atoms with van der Waals surface area (Å²) in [6.07, 6.45) is 0.340. The predicted molar refractivity (Wildman–Crippen MR) is 84.4 cm³/mol. The third-order valence-electron chi connectivity index (χ3n) is 4.58. The number of anilines is 1. The third kappa shape index (κ3) is 2.15. The van der Waals surface area contributed by atoms with Gasteiger partial charge in [0, 0.05) is 17.8 Å². The van der Waals surface area contributed by atoms with Crippen molar-refractivity contribution in [2.24, 2.45) is 0 Å². The summed E-state index contributed by atoms with van der Waals surface area (Å²) < 4.78 is 7.04. The fourth-order valence-electron chi connectivity index (χ4n) is 3.30. The highest BCUT2D eigenvalue weighted by atomic mass is 16.6. The fraction of sp³-hybridized carbons (Fsp3) is 0.400. The number of nitrogens with zero attached hydrogens (tertiary/aromatic N) is 3. The molecule has 0 radical (unpaired) electrons. The summed E-state index contributed by atoms with van der Waals surface area (Å²) in [6.45, 7) is 0.913. The zero-order valence-electron chi connectivity index (χ0n) is 13.1. The molecule has 0 bridgehead atoms. The molecule has 25 heavy (non-hydrogen) atoms. The Balaban J connectivity index is 1.94. The second-order valence-electron chi connectivity index (χ2n) is 6.27. The van der Waals surface area contributed by atoms with Crippen LogP contribution in [0.2, 0.25) is 0 Å². The second-order valence-corrected chi connectivity index (χ2v) is 6.27. The highest BCUT2D eigenvalue weighted by Crippen LogP contribution is 2.42. The van der Waals surface area contributed by atoms with Crippen LogP contribution in [0.3, 0.4) is 0 Å². The summed E-state index contributed by atoms with van der Waals surface area (Å²) in [5, 5.41) is 43.3. The van der Waals surface area contributed by atoms with Gasteiger partial charge in [-0.15, -0.1) is 0 Å². The molecule has 4 heterocycles. The topological polar surface area (TPSA) is 150 Å². The Morgan fingerprint density at radius 3 is 2.88 bits per heavy atom. The standard InChI is InChI=1S/C15H16N4O6/c1-15(24)11(23)8(4-20)25-14(15)19-3-6-7(21)2-9(22)18-12-10(6)13(19)17-5-16-12/h2-3,5,8,11,14,20-21,23-24H,4H2,1H3,(H,16,17,18,22)/t8-,11-,14?,15?/m1/s1. The number of amides is 1. The van der Waals surface area contributed by atoms with Crippen molar-refractivity contribution in [3.63, 3.8) is 0 Å². The van der Waals surface area contributed by atoms with Crippen LogP contribution in [-0.2, 0) is 9.53 Å². The number of rotatable bonds is 2. The highest BCUT2D eigenvalue weighted by Gasteiger charge is 2.53. The molecule has 132 valence electrons. The van der Waals surface area contributed by atoms with Crippen molar-refractivity contribution in [3.8, 4) is 0 Å². The maximum absolute atomic E-state index is 11.7. The molecule has 0 spiro atoms. The van der Waals surface area contributed by atoms with Crippen molar-refractivity contribution in [2.45, 2.75) is 31.0 Å². The van der Waals surface area contributed by atoms with Gasteiger partial charge in [0.2, 0.25) is 0 Å². The molecule has 1 fully saturated rings. The smallest absolute Gasteiger partial charge is 0.253 e. The van der Waals surface area contributed by atoms with Crippen molar-refractivity contribution in [2.75, 3.05) is 11.9 Å². The lowest BCUT2D eigenvalue weighted by molar-refractivity contribution is -0.111. The average molecular weight is 348 g/mol. The number of carbonyl (C=O) groups excluding carboxylic acids is 1. The number of aliphatic hydroxyl groups is 4. The summed E-state index contributed by atoms with van der Waals surface area (Å²) in [7, 11) is 0. The number of nitrogens with one attached hydrogen (secondary N) is 1. The number of hydrogen-bond acceptors (Lipinski definition) is 8. The Morgan fingerprint density at radius 1 is 1.44 bits per heavy atom. The molecule has 2 aromatic rings. The first-order valence-electron chi connectivity index (χ1n) is 7.59. The van der Waals surface area contributed by atoms with Gasteiger partial charge in [-0.05, 0) is 6.92 Å². The van der Waals surface area contributed by atoms with E-state index in [0.717, 1.165) is 6.08 Å². The van der Waals surface area contributed by atoms with Crippen LogP contribution < -0.4 is 5.32 Å². The van der Waals surface area contributed by atoms with Gasteiger partial charge in [0.25, 0.3) is 5.91 Å². The minimum Gasteiger partial charge on any atom is -0.507 e. The maximum Gasteiger partial charge on any atom is 0.253 e. The van der Waals surface area contributed by atoms with Gasteiger partial charge >= 0.3 is 0 Å². The molecule has 0 aliphatic carbocycles. The molecule has 2 aliphatic rings. The molecule has 0 aromatic carbocycles. The van der Waals surface area contributed by atoms with Gasteiger partial charge in [-0.3, -0.25) is 4.79 Å². The van der Waals surface area contributed by atoms with E-state index < -0.39 is 36.6 Å². The van der Waals surface area contributed by atoms with Crippen LogP contribution in [0.4, 0.5) is 5.82 Å². The van der Waals surface area contributed by atoms with Gasteiger partial charge in [0.15, 0.2) is 6.23 Å². The lowest BCUT2D eigenvalue weighted by atomic mass is 9.96. The monoisotopic (exact) mass is 348 g/mol. The van der Waals surface area contributed by atoms with Gasteiger partial charge in [-0.25, -0.2) is 9.97 Å². The van der Waals surface area contributed by atoms with E-state index in [1.54, 1.807) is 0 Å². The van der Waals surface area contributed by atoms with Crippen molar-refractivity contribution in [1.29, 1.82) is 0 Å². The van der Waals surface area contributed by atoms with Crippen LogP contribution in [-0.4, -0.2) is 65.3 Å². The number of carbonyl (C=O) groups is 1. The van der Waals surface area contributed by atoms with E-state index in [1.165, 1.54) is 24.0 Å². The number of hydrogen-bond donors (Lipinski definition) is 5. The molecule has 0 saturated carbocycles. The van der Waals surface area contributed by atoms with E-state index in [0.29, 0.717) is 11.0 Å². The van der Waals surface area contributed by atoms with Crippen LogP contribution in [0.5, 0.6) is 0 Å². The van der Waals surface area contributed by atoms with Gasteiger partial charge in [-0.1, -0.05) is 0 Å². The van der Waals surface area contributed by atoms with Crippen molar-refractivity contribution < 1.29 is 30.0 Å². The number of aliphatic hydroxyl groups excluding tert-OH is 3. The first-order chi connectivity index (χ1) is 11.8. The van der Waals surface area contributed by atoms with E-state index in [2.05, 4.69) is 15.3 Å². The molecule has 10 heteroatoms. The zero-order valence-corrected chi connectivity index (χ0v) is 13.1. The lowest BCUT2D eigenvalue weighted by Crippen LogP contribution is -2.44. The SMILES string of the molecule is CC1(O)C(n2cc3c4c(ncnc42)NC(=O)C=C3O)O[C@H](CO)[C@H]1O. The molecule has 2 aromatic heterocycles. The van der Waals surface area contributed by atoms with Crippen LogP contribution in [0.1, 0.15) is 18.7 Å². The molecule has 5 N–H and O–H groups in total. The van der Waals surface area contributed by atoms with Crippen LogP contribution in [0.25, 0.3) is 16.8 Å². The van der Waals surface area contributed by atoms with Gasteiger partial charge < -0.3 is 35.0 Å². The molecule has 2 unspecified atom stereocenters. The molecule has 1 saturated heterocycles. The van der Waals surface area contributed by atoms with Crippen molar-refractivity contribution >= 4 is 28.5 Å². The molecule has 1 amide bonds. The second kappa shape index (κ2) is 5.23. The highest BCUT2D eigenvalue weighted by molar-refractivity contribution is 6.12. The maximum atomic E-state index is 11.7. The Hall–Kier alpha value is -2.53. The number of ether oxygens (including phenoxy) is 1. The quantitative estimate of drug-likeness (QED) is 0.477. The van der Waals surface area contributed by atoms with Crippen molar-refractivity contribution in [3.05, 3.63) is 24.2 Å². The van der Waals surface area contributed by atoms with E-state index in [1.807, 2.05) is 0 Å². The molecule has 4 atom stereocenters. The minimum atomic E-state index is -1.71. The zero-order chi connectivity index (χ0) is 17.9. The predicted octanol–water partition coefficient (Wildman–Crippen LogP) is -0.716. The van der Waals surface area contributed by atoms with E-state index >= 15 is 0 Å². The van der Waals surface area contributed by atoms with Gasteiger partial charge in [0.1, 0.15) is 41.4 Å². The van der Waals surface area contributed by atoms with E-state index in [9.17, 15) is 25.2 Å². The van der Waals surface area contributed by atoms with Gasteiger partial charge in [-0.2, -0.15) is 0 Å². The Bertz CT molecular complexity index is 905. The first kappa shape index (κ1) is 16.0. The summed E-state index contributed by atoms with van der Waals surface area (Å²) in [5.74, 6) is -0.604. The molecular formula is C15H16N4O6. The van der Waals surface area contributed by atoms with E-state index in [-0.39, 0.29) is 17.1 Å². The summed E-state index contributed by atoms with van der Waals surface area (Å²) in [5.41, 5.74) is -1.14. The first-order valence-corrected chi connectivity index (χ1v) is 7.59. The lowest BCUT2D eigenvalue weighted by Gasteiger charge is -2.27. The molecular weight excluding hydrogens is 332 g/mol. The average Bonchev–Trinajstić information content (AvgIpc) is 3.00. The van der Waals surface area contributed by atoms with Crippen LogP contribution in [0, 0.1) is 0 Å². The van der Waals surface area contributed by atoms with Gasteiger partial charge in [0.05, 0.1) is 12.0 Å². The van der Waals surface area contributed by atoms with E-state index in [4.69, 9.17) is 4.74 Å². The summed E-state index contributed by atoms with van der Waals surface area (Å²) >= 11 is 0. The van der Waals surface area contributed by atoms with Crippen molar-refractivity contribution in [1.82, 2.24) is 14.5 Å². The van der Waals surface area contributed by atoms with Crippen LogP contribution >= 0.6 is 0 Å². The fourth-order valence-corrected chi connectivity index (χ4v) is 3.30. The molecule has 10 nitrogen and oxygen atoms in total. The Labute approximate surface area is 141 Å². The molecule has 4 rings (SSSR count). The normalized spacial score (nSPS) is 31.8. The number of aromatic nitrogens is 3. The molecule has 2 aliphatic heterocycles. The Kier molecular flexibility index (Phi) is 3.34. The third-order valence-corrected chi connectivity index (χ3v) is 4.58.